The molecule has 1 aromatic carbocycles. The number of aromatic nitrogens is 1. The first-order chi connectivity index (χ1) is 10.2. The zero-order valence-electron chi connectivity index (χ0n) is 11.7. The second kappa shape index (κ2) is 7.06. The van der Waals surface area contributed by atoms with Crippen molar-refractivity contribution in [2.45, 2.75) is 13.5 Å². The fourth-order valence-corrected chi connectivity index (χ4v) is 1.77. The van der Waals surface area contributed by atoms with Crippen LogP contribution in [0.2, 0.25) is 0 Å². The van der Waals surface area contributed by atoms with Gasteiger partial charge in [0.05, 0.1) is 5.56 Å². The summed E-state index contributed by atoms with van der Waals surface area (Å²) in [5.41, 5.74) is 2.44. The summed E-state index contributed by atoms with van der Waals surface area (Å²) in [6.07, 6.45) is 3.44. The monoisotopic (exact) mass is 281 g/mol. The molecule has 0 radical (unpaired) electrons. The van der Waals surface area contributed by atoms with Crippen LogP contribution < -0.4 is 10.1 Å². The van der Waals surface area contributed by atoms with Crippen LogP contribution in [0.25, 0.3) is 0 Å². The second-order valence-electron chi connectivity index (χ2n) is 4.48. The van der Waals surface area contributed by atoms with Crippen LogP contribution in [0.3, 0.4) is 0 Å². The summed E-state index contributed by atoms with van der Waals surface area (Å²) >= 11 is 0. The minimum atomic E-state index is -0.237. The first-order valence-electron chi connectivity index (χ1n) is 6.49. The van der Waals surface area contributed by atoms with Crippen LogP contribution in [0.4, 0.5) is 0 Å². The summed E-state index contributed by atoms with van der Waals surface area (Å²) in [5.74, 6) is 0.175. The molecule has 0 saturated heterocycles. The average Bonchev–Trinajstić information content (AvgIpc) is 2.52. The van der Waals surface area contributed by atoms with Gasteiger partial charge >= 0.3 is 0 Å². The number of carbonyl (C=O) groups excluding carboxylic acids is 1. The van der Waals surface area contributed by atoms with Crippen molar-refractivity contribution in [3.05, 3.63) is 59.4 Å². The molecular weight excluding hydrogens is 266 g/mol. The molecular formula is C16H15N3O2. The van der Waals surface area contributed by atoms with Crippen molar-refractivity contribution in [3.63, 3.8) is 0 Å². The van der Waals surface area contributed by atoms with Gasteiger partial charge in [0.15, 0.2) is 6.61 Å². The van der Waals surface area contributed by atoms with Gasteiger partial charge in [0, 0.05) is 18.9 Å². The van der Waals surface area contributed by atoms with Crippen molar-refractivity contribution >= 4 is 5.91 Å². The maximum atomic E-state index is 11.8. The predicted octanol–water partition coefficient (Wildman–Crippen LogP) is 1.96. The van der Waals surface area contributed by atoms with Gasteiger partial charge < -0.3 is 10.1 Å². The van der Waals surface area contributed by atoms with Crippen molar-refractivity contribution in [2.24, 2.45) is 0 Å². The van der Waals surface area contributed by atoms with E-state index in [2.05, 4.69) is 10.3 Å². The normalized spacial score (nSPS) is 9.71. The van der Waals surface area contributed by atoms with E-state index in [0.717, 1.165) is 11.1 Å². The molecule has 0 bridgehead atoms. The fraction of sp³-hybridized carbons (Fsp3) is 0.188. The number of nitrogens with zero attached hydrogens (tertiary/aromatic N) is 2. The Labute approximate surface area is 123 Å². The molecule has 1 N–H and O–H groups in total. The van der Waals surface area contributed by atoms with Gasteiger partial charge in [-0.15, -0.1) is 0 Å². The van der Waals surface area contributed by atoms with Crippen LogP contribution in [0.15, 0.2) is 42.7 Å². The summed E-state index contributed by atoms with van der Waals surface area (Å²) in [6, 6.07) is 10.7. The third-order valence-electron chi connectivity index (χ3n) is 2.98. The standard InChI is InChI=1S/C16H15N3O2/c1-12-9-18-7-6-14(12)10-19-16(20)11-21-15-5-3-2-4-13(15)8-17/h2-7,9H,10-11H2,1H3,(H,19,20). The van der Waals surface area contributed by atoms with Gasteiger partial charge in [-0.3, -0.25) is 9.78 Å². The molecule has 0 fully saturated rings. The van der Waals surface area contributed by atoms with Gasteiger partial charge in [0.25, 0.3) is 5.91 Å². The van der Waals surface area contributed by atoms with Crippen molar-refractivity contribution < 1.29 is 9.53 Å². The molecule has 21 heavy (non-hydrogen) atoms. The summed E-state index contributed by atoms with van der Waals surface area (Å²) in [7, 11) is 0. The first kappa shape index (κ1) is 14.5. The molecule has 0 atom stereocenters. The molecule has 0 saturated carbocycles. The highest BCUT2D eigenvalue weighted by Gasteiger charge is 2.06. The van der Waals surface area contributed by atoms with E-state index in [-0.39, 0.29) is 12.5 Å². The maximum Gasteiger partial charge on any atom is 0.258 e. The Bertz CT molecular complexity index is 677. The van der Waals surface area contributed by atoms with Gasteiger partial charge in [-0.2, -0.15) is 5.26 Å². The van der Waals surface area contributed by atoms with E-state index in [1.807, 2.05) is 19.1 Å². The van der Waals surface area contributed by atoms with Crippen LogP contribution in [-0.4, -0.2) is 17.5 Å². The smallest absolute Gasteiger partial charge is 0.258 e. The highest BCUT2D eigenvalue weighted by Crippen LogP contribution is 2.16. The Balaban J connectivity index is 1.86. The molecule has 106 valence electrons. The van der Waals surface area contributed by atoms with Crippen molar-refractivity contribution in [1.29, 1.82) is 5.26 Å². The summed E-state index contributed by atoms with van der Waals surface area (Å²) in [6.45, 7) is 2.24. The maximum absolute atomic E-state index is 11.8. The Morgan fingerprint density at radius 3 is 2.95 bits per heavy atom. The molecule has 0 aliphatic carbocycles. The van der Waals surface area contributed by atoms with Crippen molar-refractivity contribution in [2.75, 3.05) is 6.61 Å². The quantitative estimate of drug-likeness (QED) is 0.909. The molecule has 1 aromatic heterocycles. The minimum Gasteiger partial charge on any atom is -0.482 e. The fourth-order valence-electron chi connectivity index (χ4n) is 1.77. The van der Waals surface area contributed by atoms with E-state index in [9.17, 15) is 4.79 Å². The van der Waals surface area contributed by atoms with Gasteiger partial charge in [-0.05, 0) is 36.2 Å². The number of amides is 1. The van der Waals surface area contributed by atoms with Gasteiger partial charge in [0.1, 0.15) is 11.8 Å². The van der Waals surface area contributed by atoms with Crippen LogP contribution in [0.5, 0.6) is 5.75 Å². The van der Waals surface area contributed by atoms with Crippen LogP contribution in [0.1, 0.15) is 16.7 Å². The number of hydrogen-bond donors (Lipinski definition) is 1. The van der Waals surface area contributed by atoms with E-state index in [1.165, 1.54) is 0 Å². The number of para-hydroxylation sites is 1. The Kier molecular flexibility index (Phi) is 4.89. The molecule has 0 spiro atoms. The number of nitriles is 1. The summed E-state index contributed by atoms with van der Waals surface area (Å²) in [4.78, 5) is 15.8. The van der Waals surface area contributed by atoms with E-state index >= 15 is 0 Å². The second-order valence-corrected chi connectivity index (χ2v) is 4.48. The number of benzene rings is 1. The molecule has 0 aliphatic heterocycles. The van der Waals surface area contributed by atoms with E-state index < -0.39 is 0 Å². The topological polar surface area (TPSA) is 75.0 Å². The lowest BCUT2D eigenvalue weighted by atomic mass is 10.1. The lowest BCUT2D eigenvalue weighted by Gasteiger charge is -2.09. The SMILES string of the molecule is Cc1cnccc1CNC(=O)COc1ccccc1C#N. The van der Waals surface area contributed by atoms with E-state index in [0.29, 0.717) is 17.9 Å². The molecule has 1 amide bonds. The number of rotatable bonds is 5. The predicted molar refractivity (Wildman–Crippen MR) is 77.5 cm³/mol. The highest BCUT2D eigenvalue weighted by atomic mass is 16.5. The van der Waals surface area contributed by atoms with Gasteiger partial charge in [0.2, 0.25) is 0 Å². The lowest BCUT2D eigenvalue weighted by Crippen LogP contribution is -2.28. The average molecular weight is 281 g/mol. The number of carbonyl (C=O) groups is 1. The zero-order chi connectivity index (χ0) is 15.1. The van der Waals surface area contributed by atoms with Crippen LogP contribution >= 0.6 is 0 Å². The van der Waals surface area contributed by atoms with Crippen LogP contribution in [-0.2, 0) is 11.3 Å². The Hall–Kier alpha value is -2.87. The molecule has 5 heteroatoms. The van der Waals surface area contributed by atoms with Gasteiger partial charge in [-0.1, -0.05) is 12.1 Å². The van der Waals surface area contributed by atoms with Crippen LogP contribution in [0, 0.1) is 18.3 Å². The molecule has 1 heterocycles. The number of hydrogen-bond acceptors (Lipinski definition) is 4. The highest BCUT2D eigenvalue weighted by molar-refractivity contribution is 5.77. The molecule has 5 nitrogen and oxygen atoms in total. The Morgan fingerprint density at radius 1 is 1.38 bits per heavy atom. The largest absolute Gasteiger partial charge is 0.482 e. The minimum absolute atomic E-state index is 0.122. The first-order valence-corrected chi connectivity index (χ1v) is 6.49. The molecule has 2 aromatic rings. The lowest BCUT2D eigenvalue weighted by molar-refractivity contribution is -0.123. The third-order valence-corrected chi connectivity index (χ3v) is 2.98. The Morgan fingerprint density at radius 2 is 2.19 bits per heavy atom. The number of aryl methyl sites for hydroxylation is 1. The van der Waals surface area contributed by atoms with Crippen molar-refractivity contribution in [3.8, 4) is 11.8 Å². The summed E-state index contributed by atoms with van der Waals surface area (Å²) in [5, 5.41) is 11.7. The summed E-state index contributed by atoms with van der Waals surface area (Å²) < 4.78 is 5.36. The molecule has 0 unspecified atom stereocenters. The van der Waals surface area contributed by atoms with Crippen molar-refractivity contribution in [1.82, 2.24) is 10.3 Å². The number of ether oxygens (including phenoxy) is 1. The third kappa shape index (κ3) is 4.05. The van der Waals surface area contributed by atoms with E-state index in [4.69, 9.17) is 10.00 Å². The van der Waals surface area contributed by atoms with E-state index in [1.54, 1.807) is 36.7 Å². The zero-order valence-corrected chi connectivity index (χ0v) is 11.7. The number of pyridine rings is 1. The molecule has 0 aliphatic rings. The van der Waals surface area contributed by atoms with Gasteiger partial charge in [-0.25, -0.2) is 0 Å². The number of nitrogens with one attached hydrogen (secondary N) is 1. The molecule has 2 rings (SSSR count).